The van der Waals surface area contributed by atoms with Gasteiger partial charge in [0.15, 0.2) is 11.5 Å². The van der Waals surface area contributed by atoms with Gasteiger partial charge in [0.05, 0.1) is 6.54 Å². The number of urea groups is 1. The molecule has 0 saturated carbocycles. The Hall–Kier alpha value is -3.22. The first-order valence-electron chi connectivity index (χ1n) is 9.12. The summed E-state index contributed by atoms with van der Waals surface area (Å²) < 4.78 is 10.7. The molecule has 148 valence electrons. The lowest BCUT2D eigenvalue weighted by Crippen LogP contribution is -2.43. The number of rotatable bonds is 6. The first kappa shape index (κ1) is 19.5. The van der Waals surface area contributed by atoms with Gasteiger partial charge in [-0.1, -0.05) is 32.0 Å². The van der Waals surface area contributed by atoms with E-state index in [1.807, 2.05) is 57.2 Å². The third kappa shape index (κ3) is 4.94. The molecule has 0 fully saturated rings. The lowest BCUT2D eigenvalue weighted by atomic mass is 9.84. The second-order valence-electron chi connectivity index (χ2n) is 7.41. The molecule has 2 aromatic rings. The fourth-order valence-electron chi connectivity index (χ4n) is 2.86. The predicted molar refractivity (Wildman–Crippen MR) is 107 cm³/mol. The van der Waals surface area contributed by atoms with Gasteiger partial charge >= 0.3 is 6.03 Å². The molecular weight excluding hydrogens is 358 g/mol. The fraction of sp³-hybridized carbons (Fsp3) is 0.333. The van der Waals surface area contributed by atoms with Gasteiger partial charge in [0.1, 0.15) is 0 Å². The molecule has 0 atom stereocenters. The molecule has 0 aliphatic carbocycles. The summed E-state index contributed by atoms with van der Waals surface area (Å²) in [5, 5.41) is 8.13. The normalized spacial score (nSPS) is 12.4. The van der Waals surface area contributed by atoms with E-state index in [2.05, 4.69) is 16.0 Å². The molecule has 2 aromatic carbocycles. The van der Waals surface area contributed by atoms with E-state index in [4.69, 9.17) is 9.47 Å². The van der Waals surface area contributed by atoms with Crippen molar-refractivity contribution in [1.82, 2.24) is 10.6 Å². The van der Waals surface area contributed by atoms with Gasteiger partial charge in [-0.25, -0.2) is 4.79 Å². The molecule has 3 rings (SSSR count). The molecule has 3 amide bonds. The van der Waals surface area contributed by atoms with E-state index < -0.39 is 6.03 Å². The summed E-state index contributed by atoms with van der Waals surface area (Å²) in [5.74, 6) is 1.19. The molecule has 0 spiro atoms. The third-order valence-corrected chi connectivity index (χ3v) is 4.57. The van der Waals surface area contributed by atoms with Crippen LogP contribution in [0.25, 0.3) is 0 Å². The number of nitrogens with one attached hydrogen (secondary N) is 3. The zero-order chi connectivity index (χ0) is 20.1. The zero-order valence-corrected chi connectivity index (χ0v) is 16.3. The van der Waals surface area contributed by atoms with Crippen LogP contribution in [0.1, 0.15) is 25.0 Å². The van der Waals surface area contributed by atoms with E-state index in [0.29, 0.717) is 18.0 Å². The Labute approximate surface area is 164 Å². The van der Waals surface area contributed by atoms with E-state index in [0.717, 1.165) is 16.9 Å². The maximum absolute atomic E-state index is 12.1. The van der Waals surface area contributed by atoms with Crippen LogP contribution in [0.5, 0.6) is 11.5 Å². The smallest absolute Gasteiger partial charge is 0.319 e. The SMILES string of the molecule is Cc1cccc(NC(=O)NCC(=O)NCC(C)(C)c2ccc3c(c2)OCO3)c1. The molecule has 0 saturated heterocycles. The summed E-state index contributed by atoms with van der Waals surface area (Å²) >= 11 is 0. The van der Waals surface area contributed by atoms with E-state index in [1.54, 1.807) is 6.07 Å². The number of hydrogen-bond acceptors (Lipinski definition) is 4. The molecule has 0 aromatic heterocycles. The number of aryl methyl sites for hydroxylation is 1. The Bertz CT molecular complexity index is 880. The summed E-state index contributed by atoms with van der Waals surface area (Å²) in [6.07, 6.45) is 0. The first-order chi connectivity index (χ1) is 13.3. The van der Waals surface area contributed by atoms with Gasteiger partial charge in [-0.15, -0.1) is 0 Å². The van der Waals surface area contributed by atoms with Crippen LogP contribution in [0.3, 0.4) is 0 Å². The molecule has 1 aliphatic rings. The average Bonchev–Trinajstić information content (AvgIpc) is 3.12. The Kier molecular flexibility index (Phi) is 5.73. The second kappa shape index (κ2) is 8.21. The molecule has 0 unspecified atom stereocenters. The molecule has 3 N–H and O–H groups in total. The van der Waals surface area contributed by atoms with E-state index in [-0.39, 0.29) is 24.7 Å². The van der Waals surface area contributed by atoms with Crippen molar-refractivity contribution in [2.75, 3.05) is 25.2 Å². The van der Waals surface area contributed by atoms with Crippen LogP contribution in [-0.2, 0) is 10.2 Å². The lowest BCUT2D eigenvalue weighted by Gasteiger charge is -2.26. The van der Waals surface area contributed by atoms with Crippen molar-refractivity contribution in [2.45, 2.75) is 26.2 Å². The van der Waals surface area contributed by atoms with Crippen molar-refractivity contribution >= 4 is 17.6 Å². The number of ether oxygens (including phenoxy) is 2. The summed E-state index contributed by atoms with van der Waals surface area (Å²) in [5.41, 5.74) is 2.45. The van der Waals surface area contributed by atoms with Gasteiger partial charge in [-0.3, -0.25) is 4.79 Å². The number of carbonyl (C=O) groups is 2. The highest BCUT2D eigenvalue weighted by molar-refractivity contribution is 5.92. The van der Waals surface area contributed by atoms with Crippen LogP contribution >= 0.6 is 0 Å². The van der Waals surface area contributed by atoms with Crippen molar-refractivity contribution in [2.24, 2.45) is 0 Å². The van der Waals surface area contributed by atoms with Crippen LogP contribution in [-0.4, -0.2) is 31.8 Å². The summed E-state index contributed by atoms with van der Waals surface area (Å²) in [6, 6.07) is 12.8. The van der Waals surface area contributed by atoms with Gasteiger partial charge in [0.25, 0.3) is 0 Å². The number of carbonyl (C=O) groups excluding carboxylic acids is 2. The number of hydrogen-bond donors (Lipinski definition) is 3. The maximum atomic E-state index is 12.1. The van der Waals surface area contributed by atoms with Crippen molar-refractivity contribution < 1.29 is 19.1 Å². The molecule has 0 bridgehead atoms. The second-order valence-corrected chi connectivity index (χ2v) is 7.41. The fourth-order valence-corrected chi connectivity index (χ4v) is 2.86. The quantitative estimate of drug-likeness (QED) is 0.716. The van der Waals surface area contributed by atoms with Crippen molar-refractivity contribution in [3.05, 3.63) is 53.6 Å². The van der Waals surface area contributed by atoms with Crippen LogP contribution < -0.4 is 25.4 Å². The standard InChI is InChI=1S/C21H25N3O4/c1-14-5-4-6-16(9-14)24-20(26)22-11-19(25)23-12-21(2,3)15-7-8-17-18(10-15)28-13-27-17/h4-10H,11-13H2,1-3H3,(H,23,25)(H2,22,24,26). The highest BCUT2D eigenvalue weighted by Crippen LogP contribution is 2.36. The number of benzene rings is 2. The maximum Gasteiger partial charge on any atom is 0.319 e. The highest BCUT2D eigenvalue weighted by atomic mass is 16.7. The summed E-state index contributed by atoms with van der Waals surface area (Å²) in [7, 11) is 0. The van der Waals surface area contributed by atoms with Gasteiger partial charge in [0, 0.05) is 17.6 Å². The minimum absolute atomic E-state index is 0.102. The van der Waals surface area contributed by atoms with Gasteiger partial charge < -0.3 is 25.4 Å². The minimum atomic E-state index is -0.421. The van der Waals surface area contributed by atoms with Crippen LogP contribution in [0.2, 0.25) is 0 Å². The third-order valence-electron chi connectivity index (χ3n) is 4.57. The lowest BCUT2D eigenvalue weighted by molar-refractivity contribution is -0.120. The van der Waals surface area contributed by atoms with Crippen molar-refractivity contribution in [3.8, 4) is 11.5 Å². The topological polar surface area (TPSA) is 88.7 Å². The molecule has 1 aliphatic heterocycles. The number of amides is 3. The summed E-state index contributed by atoms with van der Waals surface area (Å²) in [6.45, 7) is 6.55. The molecule has 1 heterocycles. The van der Waals surface area contributed by atoms with Crippen molar-refractivity contribution in [3.63, 3.8) is 0 Å². The van der Waals surface area contributed by atoms with Gasteiger partial charge in [0.2, 0.25) is 12.7 Å². The molecular formula is C21H25N3O4. The average molecular weight is 383 g/mol. The number of anilines is 1. The Morgan fingerprint density at radius 1 is 1.04 bits per heavy atom. The van der Waals surface area contributed by atoms with Crippen LogP contribution in [0.15, 0.2) is 42.5 Å². The van der Waals surface area contributed by atoms with E-state index in [9.17, 15) is 9.59 Å². The first-order valence-corrected chi connectivity index (χ1v) is 9.12. The van der Waals surface area contributed by atoms with Crippen LogP contribution in [0, 0.1) is 6.92 Å². The molecule has 7 nitrogen and oxygen atoms in total. The van der Waals surface area contributed by atoms with Gasteiger partial charge in [-0.05, 0) is 42.3 Å². The monoisotopic (exact) mass is 383 g/mol. The van der Waals surface area contributed by atoms with Crippen LogP contribution in [0.4, 0.5) is 10.5 Å². The van der Waals surface area contributed by atoms with E-state index >= 15 is 0 Å². The summed E-state index contributed by atoms with van der Waals surface area (Å²) in [4.78, 5) is 24.1. The molecule has 7 heteroatoms. The van der Waals surface area contributed by atoms with Gasteiger partial charge in [-0.2, -0.15) is 0 Å². The highest BCUT2D eigenvalue weighted by Gasteiger charge is 2.24. The van der Waals surface area contributed by atoms with E-state index in [1.165, 1.54) is 0 Å². The Morgan fingerprint density at radius 2 is 1.82 bits per heavy atom. The number of fused-ring (bicyclic) bond motifs is 1. The Morgan fingerprint density at radius 3 is 2.61 bits per heavy atom. The minimum Gasteiger partial charge on any atom is -0.454 e. The largest absolute Gasteiger partial charge is 0.454 e. The molecule has 28 heavy (non-hydrogen) atoms. The zero-order valence-electron chi connectivity index (χ0n) is 16.3. The van der Waals surface area contributed by atoms with Crippen molar-refractivity contribution in [1.29, 1.82) is 0 Å². The predicted octanol–water partition coefficient (Wildman–Crippen LogP) is 2.94. The Balaban J connectivity index is 1.46. The molecule has 0 radical (unpaired) electrons.